The summed E-state index contributed by atoms with van der Waals surface area (Å²) in [4.78, 5) is 9.43. The first-order valence-corrected chi connectivity index (χ1v) is 10.5. The molecule has 1 aliphatic rings. The van der Waals surface area contributed by atoms with Gasteiger partial charge in [-0.25, -0.2) is 13.9 Å². The minimum absolute atomic E-state index is 0.259. The first-order chi connectivity index (χ1) is 15.1. The molecule has 5 rings (SSSR count). The van der Waals surface area contributed by atoms with E-state index in [2.05, 4.69) is 44.9 Å². The summed E-state index contributed by atoms with van der Waals surface area (Å²) in [5.74, 6) is 0.627. The van der Waals surface area contributed by atoms with Crippen molar-refractivity contribution in [2.45, 2.75) is 19.9 Å². The Morgan fingerprint density at radius 3 is 2.35 bits per heavy atom. The van der Waals surface area contributed by atoms with Gasteiger partial charge in [0, 0.05) is 43.3 Å². The van der Waals surface area contributed by atoms with Crippen molar-refractivity contribution < 1.29 is 4.39 Å². The summed E-state index contributed by atoms with van der Waals surface area (Å²) < 4.78 is 15.4. The van der Waals surface area contributed by atoms with Gasteiger partial charge in [0.1, 0.15) is 11.6 Å². The summed E-state index contributed by atoms with van der Waals surface area (Å²) in [5.41, 5.74) is 4.28. The predicted molar refractivity (Wildman–Crippen MR) is 118 cm³/mol. The highest BCUT2D eigenvalue weighted by molar-refractivity contribution is 5.81. The van der Waals surface area contributed by atoms with Crippen LogP contribution in [0.3, 0.4) is 0 Å². The number of hydrogen-bond acceptors (Lipinski definition) is 6. The van der Waals surface area contributed by atoms with Gasteiger partial charge in [-0.05, 0) is 43.7 Å². The largest absolute Gasteiger partial charge is 0.353 e. The summed E-state index contributed by atoms with van der Waals surface area (Å²) in [6, 6.07) is 11.0. The zero-order valence-corrected chi connectivity index (χ0v) is 17.6. The maximum Gasteiger partial charge on any atom is 0.162 e. The third-order valence-corrected chi connectivity index (χ3v) is 5.86. The van der Waals surface area contributed by atoms with E-state index < -0.39 is 0 Å². The average molecular weight is 417 g/mol. The van der Waals surface area contributed by atoms with E-state index in [-0.39, 0.29) is 5.82 Å². The normalized spacial score (nSPS) is 15.2. The number of hydrogen-bond donors (Lipinski definition) is 0. The molecular formula is C23H24FN7. The highest BCUT2D eigenvalue weighted by Crippen LogP contribution is 2.31. The molecule has 4 aromatic rings. The molecule has 1 saturated heterocycles. The molecular weight excluding hydrogens is 393 g/mol. The van der Waals surface area contributed by atoms with Gasteiger partial charge in [0.2, 0.25) is 0 Å². The molecule has 0 saturated carbocycles. The second-order valence-electron chi connectivity index (χ2n) is 8.05. The number of imidazole rings is 1. The monoisotopic (exact) mass is 417 g/mol. The van der Waals surface area contributed by atoms with E-state index in [1.165, 1.54) is 12.1 Å². The van der Waals surface area contributed by atoms with Gasteiger partial charge >= 0.3 is 0 Å². The molecule has 0 N–H and O–H groups in total. The summed E-state index contributed by atoms with van der Waals surface area (Å²) in [5, 5.41) is 12.8. The second kappa shape index (κ2) is 8.03. The van der Waals surface area contributed by atoms with E-state index in [0.29, 0.717) is 6.04 Å². The molecule has 3 aromatic heterocycles. The number of rotatable bonds is 4. The highest BCUT2D eigenvalue weighted by atomic mass is 19.1. The fourth-order valence-corrected chi connectivity index (χ4v) is 4.06. The number of halogens is 1. The molecule has 1 fully saturated rings. The minimum atomic E-state index is -0.259. The lowest BCUT2D eigenvalue weighted by Gasteiger charge is -2.37. The summed E-state index contributed by atoms with van der Waals surface area (Å²) in [7, 11) is 0. The SMILES string of the molecule is CC(C)N1CCN(c2cc(-c3ccc(F)cc3)c3ncc(-c4ccnnc4)n3n2)CC1. The lowest BCUT2D eigenvalue weighted by Crippen LogP contribution is -2.49. The van der Waals surface area contributed by atoms with Crippen LogP contribution in [-0.4, -0.2) is 61.9 Å². The average Bonchev–Trinajstić information content (AvgIpc) is 3.24. The van der Waals surface area contributed by atoms with E-state index >= 15 is 0 Å². The van der Waals surface area contributed by atoms with Gasteiger partial charge in [0.25, 0.3) is 0 Å². The minimum Gasteiger partial charge on any atom is -0.353 e. The van der Waals surface area contributed by atoms with Crippen LogP contribution >= 0.6 is 0 Å². The summed E-state index contributed by atoms with van der Waals surface area (Å²) in [6.45, 7) is 8.25. The Morgan fingerprint density at radius 1 is 0.903 bits per heavy atom. The standard InChI is InChI=1S/C23H24FN7/c1-16(2)29-9-11-30(12-10-29)22-13-20(17-3-5-19(24)6-4-17)23-25-15-21(31(23)28-22)18-7-8-26-27-14-18/h3-8,13-16H,9-12H2,1-2H3. The van der Waals surface area contributed by atoms with Gasteiger partial charge in [-0.1, -0.05) is 12.1 Å². The van der Waals surface area contributed by atoms with E-state index in [0.717, 1.165) is 60.0 Å². The van der Waals surface area contributed by atoms with Gasteiger partial charge in [-0.2, -0.15) is 10.2 Å². The summed E-state index contributed by atoms with van der Waals surface area (Å²) >= 11 is 0. The Balaban J connectivity index is 1.63. The highest BCUT2D eigenvalue weighted by Gasteiger charge is 2.22. The zero-order valence-electron chi connectivity index (χ0n) is 17.6. The zero-order chi connectivity index (χ0) is 21.4. The van der Waals surface area contributed by atoms with Crippen LogP contribution in [0, 0.1) is 5.82 Å². The van der Waals surface area contributed by atoms with Crippen LogP contribution in [0.5, 0.6) is 0 Å². The van der Waals surface area contributed by atoms with E-state index in [9.17, 15) is 4.39 Å². The molecule has 0 spiro atoms. The Hall–Kier alpha value is -3.39. The van der Waals surface area contributed by atoms with Crippen LogP contribution < -0.4 is 4.90 Å². The van der Waals surface area contributed by atoms with Crippen molar-refractivity contribution in [3.8, 4) is 22.4 Å². The number of benzene rings is 1. The molecule has 1 aromatic carbocycles. The summed E-state index contributed by atoms with van der Waals surface area (Å²) in [6.07, 6.45) is 5.16. The van der Waals surface area contributed by atoms with Crippen molar-refractivity contribution in [1.29, 1.82) is 0 Å². The third kappa shape index (κ3) is 3.74. The van der Waals surface area contributed by atoms with Crippen LogP contribution in [0.4, 0.5) is 10.2 Å². The quantitative estimate of drug-likeness (QED) is 0.506. The van der Waals surface area contributed by atoms with Gasteiger partial charge in [-0.3, -0.25) is 4.90 Å². The number of nitrogens with zero attached hydrogens (tertiary/aromatic N) is 7. The maximum absolute atomic E-state index is 13.6. The van der Waals surface area contributed by atoms with Gasteiger partial charge in [0.15, 0.2) is 5.65 Å². The molecule has 8 heteroatoms. The second-order valence-corrected chi connectivity index (χ2v) is 8.05. The Labute approximate surface area is 180 Å². The molecule has 0 radical (unpaired) electrons. The Bertz CT molecular complexity index is 1180. The Kier molecular flexibility index (Phi) is 5.07. The van der Waals surface area contributed by atoms with Gasteiger partial charge in [-0.15, -0.1) is 5.10 Å². The lowest BCUT2D eigenvalue weighted by atomic mass is 10.1. The van der Waals surface area contributed by atoms with Gasteiger partial charge in [0.05, 0.1) is 24.3 Å². The van der Waals surface area contributed by atoms with Crippen LogP contribution in [0.25, 0.3) is 28.0 Å². The van der Waals surface area contributed by atoms with E-state index in [1.54, 1.807) is 30.7 Å². The first kappa shape index (κ1) is 19.6. The molecule has 0 bridgehead atoms. The molecule has 0 atom stereocenters. The molecule has 1 aliphatic heterocycles. The third-order valence-electron chi connectivity index (χ3n) is 5.86. The van der Waals surface area contributed by atoms with Crippen molar-refractivity contribution >= 4 is 11.5 Å². The predicted octanol–water partition coefficient (Wildman–Crippen LogP) is 3.52. The van der Waals surface area contributed by atoms with Crippen LogP contribution in [0.2, 0.25) is 0 Å². The molecule has 0 aliphatic carbocycles. The lowest BCUT2D eigenvalue weighted by molar-refractivity contribution is 0.209. The van der Waals surface area contributed by atoms with Crippen LogP contribution in [0.15, 0.2) is 55.0 Å². The number of fused-ring (bicyclic) bond motifs is 1. The van der Waals surface area contributed by atoms with Crippen molar-refractivity contribution in [3.63, 3.8) is 0 Å². The molecule has 0 unspecified atom stereocenters. The van der Waals surface area contributed by atoms with Gasteiger partial charge < -0.3 is 4.90 Å². The van der Waals surface area contributed by atoms with Crippen molar-refractivity contribution in [2.75, 3.05) is 31.1 Å². The van der Waals surface area contributed by atoms with Crippen LogP contribution in [-0.2, 0) is 0 Å². The smallest absolute Gasteiger partial charge is 0.162 e. The van der Waals surface area contributed by atoms with E-state index in [1.807, 2.05) is 10.6 Å². The topological polar surface area (TPSA) is 62.5 Å². The van der Waals surface area contributed by atoms with Crippen molar-refractivity contribution in [1.82, 2.24) is 29.7 Å². The molecule has 31 heavy (non-hydrogen) atoms. The number of piperazine rings is 1. The molecule has 158 valence electrons. The number of anilines is 1. The number of aromatic nitrogens is 5. The van der Waals surface area contributed by atoms with E-state index in [4.69, 9.17) is 5.10 Å². The van der Waals surface area contributed by atoms with Crippen LogP contribution in [0.1, 0.15) is 13.8 Å². The first-order valence-electron chi connectivity index (χ1n) is 10.5. The molecule has 7 nitrogen and oxygen atoms in total. The molecule has 0 amide bonds. The maximum atomic E-state index is 13.6. The fraction of sp³-hybridized carbons (Fsp3) is 0.304. The Morgan fingerprint density at radius 2 is 1.68 bits per heavy atom. The molecule has 4 heterocycles. The fourth-order valence-electron chi connectivity index (χ4n) is 4.06. The van der Waals surface area contributed by atoms with Crippen molar-refractivity contribution in [2.24, 2.45) is 0 Å². The van der Waals surface area contributed by atoms with Crippen molar-refractivity contribution in [3.05, 3.63) is 60.8 Å².